The van der Waals surface area contributed by atoms with Crippen LogP contribution in [0.5, 0.6) is 0 Å². The zero-order valence-electron chi connectivity index (χ0n) is 13.5. The molecule has 0 aromatic heterocycles. The molecule has 126 valence electrons. The van der Waals surface area contributed by atoms with E-state index in [1.165, 1.54) is 7.05 Å². The first kappa shape index (κ1) is 17.4. The molecule has 0 saturated heterocycles. The van der Waals surface area contributed by atoms with Gasteiger partial charge in [0.1, 0.15) is 17.7 Å². The standard InChI is InChI=1S/C17H22F2N2O2/c1-9(2)6-15(17(23)20-3)21-16(22)13-8-11(13)12-7-10(18)4-5-14(12)19/h4-5,7,9,11,13,15H,6,8H2,1-3H3,(H,20,23)(H,21,22)/t11-,13-,15+/m1/s1. The molecule has 1 aromatic rings. The van der Waals surface area contributed by atoms with Crippen LogP contribution in [0.15, 0.2) is 18.2 Å². The lowest BCUT2D eigenvalue weighted by molar-refractivity contribution is -0.129. The van der Waals surface area contributed by atoms with Crippen LogP contribution in [-0.4, -0.2) is 24.9 Å². The average molecular weight is 324 g/mol. The summed E-state index contributed by atoms with van der Waals surface area (Å²) < 4.78 is 27.0. The van der Waals surface area contributed by atoms with E-state index in [1.54, 1.807) is 0 Å². The number of carbonyl (C=O) groups is 2. The van der Waals surface area contributed by atoms with Crippen LogP contribution >= 0.6 is 0 Å². The highest BCUT2D eigenvalue weighted by molar-refractivity contribution is 5.90. The average Bonchev–Trinajstić information content (AvgIpc) is 3.28. The molecule has 2 amide bonds. The van der Waals surface area contributed by atoms with Crippen molar-refractivity contribution in [2.45, 2.75) is 38.6 Å². The lowest BCUT2D eigenvalue weighted by Crippen LogP contribution is -2.47. The molecule has 0 radical (unpaired) electrons. The van der Waals surface area contributed by atoms with Crippen molar-refractivity contribution in [1.29, 1.82) is 0 Å². The second kappa shape index (κ2) is 7.06. The molecule has 1 aliphatic carbocycles. The summed E-state index contributed by atoms with van der Waals surface area (Å²) in [5.74, 6) is -2.05. The monoisotopic (exact) mass is 324 g/mol. The highest BCUT2D eigenvalue weighted by Gasteiger charge is 2.46. The Morgan fingerprint density at radius 1 is 1.30 bits per heavy atom. The van der Waals surface area contributed by atoms with E-state index in [2.05, 4.69) is 10.6 Å². The van der Waals surface area contributed by atoms with Crippen molar-refractivity contribution in [1.82, 2.24) is 10.6 Å². The second-order valence-corrected chi connectivity index (χ2v) is 6.42. The third-order valence-electron chi connectivity index (χ3n) is 4.07. The number of amides is 2. The van der Waals surface area contributed by atoms with Gasteiger partial charge in [0.05, 0.1) is 0 Å². The zero-order valence-corrected chi connectivity index (χ0v) is 13.5. The van der Waals surface area contributed by atoms with Crippen LogP contribution in [0.3, 0.4) is 0 Å². The molecule has 6 heteroatoms. The van der Waals surface area contributed by atoms with E-state index in [-0.39, 0.29) is 29.2 Å². The summed E-state index contributed by atoms with van der Waals surface area (Å²) in [6, 6.07) is 2.66. The maximum absolute atomic E-state index is 13.8. The molecule has 0 aliphatic heterocycles. The Labute approximate surface area is 134 Å². The number of rotatable bonds is 6. The van der Waals surface area contributed by atoms with Crippen molar-refractivity contribution in [3.8, 4) is 0 Å². The maximum atomic E-state index is 13.8. The summed E-state index contributed by atoms with van der Waals surface area (Å²) in [6.45, 7) is 3.92. The normalized spacial score (nSPS) is 21.0. The van der Waals surface area contributed by atoms with Crippen LogP contribution in [0.2, 0.25) is 0 Å². The predicted molar refractivity (Wildman–Crippen MR) is 82.7 cm³/mol. The first-order valence-electron chi connectivity index (χ1n) is 7.80. The van der Waals surface area contributed by atoms with Crippen molar-refractivity contribution < 1.29 is 18.4 Å². The van der Waals surface area contributed by atoms with E-state index < -0.39 is 23.6 Å². The van der Waals surface area contributed by atoms with Gasteiger partial charge in [0, 0.05) is 13.0 Å². The molecule has 0 spiro atoms. The molecular formula is C17H22F2N2O2. The first-order chi connectivity index (χ1) is 10.8. The van der Waals surface area contributed by atoms with Gasteiger partial charge in [0.15, 0.2) is 0 Å². The highest BCUT2D eigenvalue weighted by Crippen LogP contribution is 2.48. The highest BCUT2D eigenvalue weighted by atomic mass is 19.1. The van der Waals surface area contributed by atoms with Crippen LogP contribution in [0, 0.1) is 23.5 Å². The Morgan fingerprint density at radius 2 is 2.00 bits per heavy atom. The lowest BCUT2D eigenvalue weighted by Gasteiger charge is -2.19. The zero-order chi connectivity index (χ0) is 17.1. The SMILES string of the molecule is CNC(=O)[C@H](CC(C)C)NC(=O)[C@@H]1C[C@@H]1c1cc(F)ccc1F. The summed E-state index contributed by atoms with van der Waals surface area (Å²) in [7, 11) is 1.52. The van der Waals surface area contributed by atoms with E-state index in [1.807, 2.05) is 13.8 Å². The van der Waals surface area contributed by atoms with E-state index in [0.29, 0.717) is 12.8 Å². The number of benzene rings is 1. The second-order valence-electron chi connectivity index (χ2n) is 6.42. The van der Waals surface area contributed by atoms with Crippen molar-refractivity contribution in [3.05, 3.63) is 35.4 Å². The van der Waals surface area contributed by atoms with Crippen LogP contribution in [0.1, 0.15) is 38.2 Å². The van der Waals surface area contributed by atoms with E-state index in [9.17, 15) is 18.4 Å². The van der Waals surface area contributed by atoms with E-state index in [4.69, 9.17) is 0 Å². The molecule has 2 N–H and O–H groups in total. The van der Waals surface area contributed by atoms with E-state index in [0.717, 1.165) is 18.2 Å². The minimum atomic E-state index is -0.605. The van der Waals surface area contributed by atoms with Crippen molar-refractivity contribution >= 4 is 11.8 Å². The van der Waals surface area contributed by atoms with Gasteiger partial charge in [-0.25, -0.2) is 8.78 Å². The Bertz CT molecular complexity index is 604. The molecule has 1 saturated carbocycles. The molecule has 4 nitrogen and oxygen atoms in total. The Hall–Kier alpha value is -1.98. The number of likely N-dealkylation sites (N-methyl/N-ethyl adjacent to an activating group) is 1. The van der Waals surface area contributed by atoms with Crippen LogP contribution in [-0.2, 0) is 9.59 Å². The van der Waals surface area contributed by atoms with Crippen molar-refractivity contribution in [2.75, 3.05) is 7.05 Å². The quantitative estimate of drug-likeness (QED) is 0.844. The molecule has 0 unspecified atom stereocenters. The van der Waals surface area contributed by atoms with Gasteiger partial charge in [-0.15, -0.1) is 0 Å². The van der Waals surface area contributed by atoms with Gasteiger partial charge in [-0.1, -0.05) is 13.8 Å². The number of halogens is 2. The third kappa shape index (κ3) is 4.27. The first-order valence-corrected chi connectivity index (χ1v) is 7.80. The minimum absolute atomic E-state index is 0.227. The third-order valence-corrected chi connectivity index (χ3v) is 4.07. The predicted octanol–water partition coefficient (Wildman–Crippen LogP) is 2.35. The van der Waals surface area contributed by atoms with Gasteiger partial charge < -0.3 is 10.6 Å². The Morgan fingerprint density at radius 3 is 2.61 bits per heavy atom. The topological polar surface area (TPSA) is 58.2 Å². The molecule has 3 atom stereocenters. The fourth-order valence-electron chi connectivity index (χ4n) is 2.78. The van der Waals surface area contributed by atoms with Gasteiger partial charge in [-0.2, -0.15) is 0 Å². The van der Waals surface area contributed by atoms with Gasteiger partial charge in [-0.05, 0) is 48.4 Å². The Kier molecular flexibility index (Phi) is 5.34. The lowest BCUT2D eigenvalue weighted by atomic mass is 10.0. The molecular weight excluding hydrogens is 302 g/mol. The number of hydrogen-bond acceptors (Lipinski definition) is 2. The fraction of sp³-hybridized carbons (Fsp3) is 0.529. The molecule has 1 aliphatic rings. The van der Waals surface area contributed by atoms with Gasteiger partial charge in [0.2, 0.25) is 11.8 Å². The smallest absolute Gasteiger partial charge is 0.242 e. The van der Waals surface area contributed by atoms with Crippen molar-refractivity contribution in [3.63, 3.8) is 0 Å². The molecule has 0 bridgehead atoms. The number of nitrogens with one attached hydrogen (secondary N) is 2. The largest absolute Gasteiger partial charge is 0.357 e. The van der Waals surface area contributed by atoms with Gasteiger partial charge >= 0.3 is 0 Å². The van der Waals surface area contributed by atoms with Crippen LogP contribution in [0.4, 0.5) is 8.78 Å². The molecule has 1 fully saturated rings. The summed E-state index contributed by atoms with van der Waals surface area (Å²) in [6.07, 6.45) is 0.992. The summed E-state index contributed by atoms with van der Waals surface area (Å²) in [4.78, 5) is 24.1. The van der Waals surface area contributed by atoms with E-state index >= 15 is 0 Å². The molecule has 2 rings (SSSR count). The molecule has 23 heavy (non-hydrogen) atoms. The number of hydrogen-bond donors (Lipinski definition) is 2. The van der Waals surface area contributed by atoms with Crippen molar-refractivity contribution in [2.24, 2.45) is 11.8 Å². The van der Waals surface area contributed by atoms with Gasteiger partial charge in [-0.3, -0.25) is 9.59 Å². The summed E-state index contributed by atoms with van der Waals surface area (Å²) >= 11 is 0. The summed E-state index contributed by atoms with van der Waals surface area (Å²) in [5.41, 5.74) is 0.227. The Balaban J connectivity index is 2.01. The number of carbonyl (C=O) groups excluding carboxylic acids is 2. The van der Waals surface area contributed by atoms with Crippen LogP contribution < -0.4 is 10.6 Å². The minimum Gasteiger partial charge on any atom is -0.357 e. The fourth-order valence-corrected chi connectivity index (χ4v) is 2.78. The van der Waals surface area contributed by atoms with Gasteiger partial charge in [0.25, 0.3) is 0 Å². The summed E-state index contributed by atoms with van der Waals surface area (Å²) in [5, 5.41) is 5.26. The maximum Gasteiger partial charge on any atom is 0.242 e. The van der Waals surface area contributed by atoms with Crippen LogP contribution in [0.25, 0.3) is 0 Å². The molecule has 1 aromatic carbocycles. The molecule has 0 heterocycles.